The number of allylic oxidation sites excluding steroid dienone is 8. The maximum Gasteiger partial charge on any atom is 0.0726 e. The third-order valence-corrected chi connectivity index (χ3v) is 18.8. The van der Waals surface area contributed by atoms with Crippen LogP contribution in [0.4, 0.5) is 0 Å². The smallest absolute Gasteiger partial charge is 0.0726 e. The molecule has 0 saturated carbocycles. The molecule has 0 atom stereocenters. The van der Waals surface area contributed by atoms with Gasteiger partial charge in [0, 0.05) is 55.3 Å². The molecule has 0 fully saturated rings. The molecule has 8 nitrogen and oxygen atoms in total. The van der Waals surface area contributed by atoms with E-state index in [1.165, 1.54) is 133 Å². The maximum atomic E-state index is 5.92. The molecule has 0 unspecified atom stereocenters. The van der Waals surface area contributed by atoms with Crippen LogP contribution in [0.1, 0.15) is 256 Å². The fourth-order valence-corrected chi connectivity index (χ4v) is 15.0. The summed E-state index contributed by atoms with van der Waals surface area (Å²) in [5.74, 6) is 0. The lowest BCUT2D eigenvalue weighted by Crippen LogP contribution is -2.04. The van der Waals surface area contributed by atoms with Crippen LogP contribution in [-0.4, -0.2) is 39.9 Å². The predicted molar refractivity (Wildman–Crippen MR) is 349 cm³/mol. The van der Waals surface area contributed by atoms with Gasteiger partial charge in [-0.15, -0.1) is 0 Å². The highest BCUT2D eigenvalue weighted by molar-refractivity contribution is 6.00. The van der Waals surface area contributed by atoms with Crippen molar-refractivity contribution < 1.29 is 0 Å². The topological polar surface area (TPSA) is 115 Å². The average molecular weight is 1080 g/mol. The van der Waals surface area contributed by atoms with Crippen LogP contribution < -0.4 is 0 Å². The van der Waals surface area contributed by atoms with E-state index < -0.39 is 0 Å². The summed E-state index contributed by atoms with van der Waals surface area (Å²) in [6.07, 6.45) is 15.2. The van der Waals surface area contributed by atoms with Crippen LogP contribution in [0.5, 0.6) is 0 Å². The quantitative estimate of drug-likeness (QED) is 0.0686. The molecule has 0 spiro atoms. The van der Waals surface area contributed by atoms with E-state index in [0.717, 1.165) is 166 Å². The minimum atomic E-state index is 0.741. The van der Waals surface area contributed by atoms with E-state index in [0.29, 0.717) is 0 Å². The summed E-state index contributed by atoms with van der Waals surface area (Å²) in [5.41, 5.74) is 42.3. The molecule has 81 heavy (non-hydrogen) atoms. The Morgan fingerprint density at radius 1 is 0.247 bits per heavy atom. The van der Waals surface area contributed by atoms with E-state index in [1.54, 1.807) is 0 Å². The Labute approximate surface area is 483 Å². The summed E-state index contributed by atoms with van der Waals surface area (Å²) in [5, 5.41) is 0. The van der Waals surface area contributed by atoms with E-state index in [-0.39, 0.29) is 0 Å². The number of fused-ring (bicyclic) bond motifs is 16. The van der Waals surface area contributed by atoms with Crippen LogP contribution in [0.3, 0.4) is 0 Å². The summed E-state index contributed by atoms with van der Waals surface area (Å²) in [6.45, 7) is 37.0. The molecule has 0 aromatic carbocycles. The largest absolute Gasteiger partial charge is 0.355 e. The molecule has 6 aromatic heterocycles. The molecular weight excluding hydrogens is 989 g/mol. The number of hydrogen-bond donors (Lipinski definition) is 4. The number of nitrogens with one attached hydrogen (secondary N) is 4. The van der Waals surface area contributed by atoms with Gasteiger partial charge in [-0.2, -0.15) is 0 Å². The van der Waals surface area contributed by atoms with Gasteiger partial charge in [-0.25, -0.2) is 19.9 Å². The van der Waals surface area contributed by atoms with Crippen LogP contribution in [0.15, 0.2) is 36.4 Å². The Morgan fingerprint density at radius 2 is 0.531 bits per heavy atom. The van der Waals surface area contributed by atoms with Crippen LogP contribution in [0.25, 0.3) is 88.7 Å². The molecular formula is C73H92N8. The minimum Gasteiger partial charge on any atom is -0.355 e. The summed E-state index contributed by atoms with van der Waals surface area (Å²) >= 11 is 0. The van der Waals surface area contributed by atoms with Crippen LogP contribution in [0.2, 0.25) is 0 Å². The molecule has 10 heterocycles. The van der Waals surface area contributed by atoms with Crippen molar-refractivity contribution in [2.24, 2.45) is 0 Å². The molecule has 4 aliphatic rings. The minimum absolute atomic E-state index is 0.741. The fraction of sp³-hybridized carbons (Fsp3) is 0.452. The first kappa shape index (κ1) is 57.4. The van der Waals surface area contributed by atoms with Crippen molar-refractivity contribution in [1.29, 1.82) is 0 Å². The van der Waals surface area contributed by atoms with E-state index in [4.69, 9.17) is 19.9 Å². The molecule has 16 bridgehead atoms. The van der Waals surface area contributed by atoms with Gasteiger partial charge in [-0.3, -0.25) is 0 Å². The number of aryl methyl sites for hydroxylation is 9. The van der Waals surface area contributed by atoms with Gasteiger partial charge < -0.3 is 19.9 Å². The third kappa shape index (κ3) is 9.64. The van der Waals surface area contributed by atoms with E-state index in [1.807, 2.05) is 0 Å². The predicted octanol–water partition coefficient (Wildman–Crippen LogP) is 19.9. The second-order valence-electron chi connectivity index (χ2n) is 22.6. The van der Waals surface area contributed by atoms with Gasteiger partial charge in [-0.05, 0) is 242 Å². The summed E-state index contributed by atoms with van der Waals surface area (Å²) in [7, 11) is 0. The number of aromatic amines is 4. The first-order chi connectivity index (χ1) is 39.4. The molecule has 424 valence electrons. The lowest BCUT2D eigenvalue weighted by molar-refractivity contribution is 0.922. The van der Waals surface area contributed by atoms with Crippen molar-refractivity contribution in [1.82, 2.24) is 39.9 Å². The summed E-state index contributed by atoms with van der Waals surface area (Å²) in [6, 6.07) is 14.2. The number of hydrogen-bond acceptors (Lipinski definition) is 4. The maximum absolute atomic E-state index is 5.92. The number of rotatable bonds is 18. The lowest BCUT2D eigenvalue weighted by Gasteiger charge is -2.14. The van der Waals surface area contributed by atoms with Crippen LogP contribution in [0, 0.1) is 6.92 Å². The van der Waals surface area contributed by atoms with E-state index in [2.05, 4.69) is 167 Å². The Kier molecular flexibility index (Phi) is 17.0. The van der Waals surface area contributed by atoms with Gasteiger partial charge >= 0.3 is 0 Å². The van der Waals surface area contributed by atoms with E-state index >= 15 is 0 Å². The second kappa shape index (κ2) is 24.0. The van der Waals surface area contributed by atoms with Crippen molar-refractivity contribution in [3.8, 4) is 0 Å². The zero-order valence-corrected chi connectivity index (χ0v) is 52.3. The van der Waals surface area contributed by atoms with Gasteiger partial charge in [0.05, 0.1) is 45.6 Å². The van der Waals surface area contributed by atoms with Gasteiger partial charge in [0.15, 0.2) is 0 Å². The molecule has 8 heteroatoms. The molecule has 10 rings (SSSR count). The van der Waals surface area contributed by atoms with Crippen molar-refractivity contribution in [3.63, 3.8) is 0 Å². The fourth-order valence-electron chi connectivity index (χ4n) is 15.0. The lowest BCUT2D eigenvalue weighted by atomic mass is 9.89. The van der Waals surface area contributed by atoms with Crippen LogP contribution in [-0.2, 0) is 57.8 Å². The molecule has 0 amide bonds. The highest BCUT2D eigenvalue weighted by Gasteiger charge is 2.30. The number of H-pyrrole nitrogens is 4. The Morgan fingerprint density at radius 3 is 0.938 bits per heavy atom. The van der Waals surface area contributed by atoms with Gasteiger partial charge in [0.25, 0.3) is 0 Å². The number of aromatic nitrogens is 8. The van der Waals surface area contributed by atoms with E-state index in [9.17, 15) is 0 Å². The van der Waals surface area contributed by atoms with Crippen molar-refractivity contribution in [2.45, 2.75) is 220 Å². The first-order valence-corrected chi connectivity index (χ1v) is 31.9. The zero-order valence-electron chi connectivity index (χ0n) is 52.3. The Balaban J connectivity index is 1.37. The van der Waals surface area contributed by atoms with Crippen molar-refractivity contribution in [2.75, 3.05) is 0 Å². The Hall–Kier alpha value is -6.80. The van der Waals surface area contributed by atoms with Gasteiger partial charge in [0.2, 0.25) is 0 Å². The van der Waals surface area contributed by atoms with Crippen molar-refractivity contribution in [3.05, 3.63) is 138 Å². The molecule has 4 N–H and O–H groups in total. The summed E-state index contributed by atoms with van der Waals surface area (Å²) < 4.78 is 0. The van der Waals surface area contributed by atoms with Crippen molar-refractivity contribution >= 4 is 88.7 Å². The molecule has 6 aromatic rings. The second-order valence-corrected chi connectivity index (χ2v) is 22.6. The molecule has 0 saturated heterocycles. The molecule has 0 aliphatic carbocycles. The van der Waals surface area contributed by atoms with Crippen LogP contribution >= 0.6 is 0 Å². The average Bonchev–Trinajstić information content (AvgIpc) is 4.45. The molecule has 0 radical (unpaired) electrons. The standard InChI is InChI=1S/C73H92N8/c1-17-41-40(16)58-34-66-48(24-8)52(28-12)70(78-66)56(71-53(29-13)49(25-9)67(79-71)37-63-45(21-5)42(18-2)60(75-63)35-59(41)74-58)32-33-57-72-54(30-14)50(26-10)68(80-72)38-64-46(22-6)43(19-3)61(76-64)36-62-44(20-4)47(23-7)65(77-62)39-69-51(27-11)55(31-15)73(57)81-69/h34-39,74,76-78H,17-33H2,1-16H3. The van der Waals surface area contributed by atoms with Gasteiger partial charge in [0.1, 0.15) is 0 Å². The highest BCUT2D eigenvalue weighted by atomic mass is 14.8. The third-order valence-electron chi connectivity index (χ3n) is 18.8. The normalized spacial score (nSPS) is 13.8. The monoisotopic (exact) mass is 1080 g/mol. The highest BCUT2D eigenvalue weighted by Crippen LogP contribution is 2.45. The first-order valence-electron chi connectivity index (χ1n) is 31.9. The Bertz CT molecular complexity index is 3850. The molecule has 4 aliphatic heterocycles. The van der Waals surface area contributed by atoms with Gasteiger partial charge in [-0.1, -0.05) is 104 Å². The summed E-state index contributed by atoms with van der Waals surface area (Å²) in [4.78, 5) is 39.5. The zero-order chi connectivity index (χ0) is 57.6. The number of nitrogens with zero attached hydrogens (tertiary/aromatic N) is 4. The SMILES string of the molecule is CCC1=C(CC)c2cc3[nH]c(cc4[nH]c(c(CCc5c6nc(cc7[nH]c(cc8[nH]c(cc9nc5C(CC)=C9CC)c(CC)c8CC)c(CC)c7CC)C(CC)=C6CC)c5nc(cc1n2)C(CC)=C5CC)c(CC)c4CC)c(C)c3CC.